The largest absolute Gasteiger partial charge is 0.489 e. The Hall–Kier alpha value is -1.51. The highest BCUT2D eigenvalue weighted by Crippen LogP contribution is 2.32. The lowest BCUT2D eigenvalue weighted by atomic mass is 9.96. The van der Waals surface area contributed by atoms with Gasteiger partial charge in [-0.15, -0.1) is 0 Å². The highest BCUT2D eigenvalue weighted by atomic mass is 16.5. The lowest BCUT2D eigenvalue weighted by Gasteiger charge is -2.25. The molecule has 3 heteroatoms. The number of fused-ring (bicyclic) bond motifs is 1. The standard InChI is InChI=1S/C12H15NO2/c1-7-4-8(2)12-10(5-7)11(13-14)6-9(3)15-12/h4-5,9,14H,6H2,1-3H3/b13-11+. The molecule has 0 radical (unpaired) electrons. The van der Waals surface area contributed by atoms with Crippen LogP contribution < -0.4 is 4.74 Å². The number of ether oxygens (including phenoxy) is 1. The molecule has 3 nitrogen and oxygen atoms in total. The molecule has 1 N–H and O–H groups in total. The van der Waals surface area contributed by atoms with Crippen molar-refractivity contribution < 1.29 is 9.94 Å². The maximum atomic E-state index is 8.97. The van der Waals surface area contributed by atoms with Crippen molar-refractivity contribution in [2.75, 3.05) is 0 Å². The quantitative estimate of drug-likeness (QED) is 0.522. The van der Waals surface area contributed by atoms with Gasteiger partial charge in [0.25, 0.3) is 0 Å². The third-order valence-electron chi connectivity index (χ3n) is 2.65. The van der Waals surface area contributed by atoms with Gasteiger partial charge in [-0.25, -0.2) is 0 Å². The second-order valence-corrected chi connectivity index (χ2v) is 4.14. The molecule has 15 heavy (non-hydrogen) atoms. The first kappa shape index (κ1) is 10.0. The molecule has 0 aliphatic carbocycles. The van der Waals surface area contributed by atoms with Gasteiger partial charge < -0.3 is 9.94 Å². The van der Waals surface area contributed by atoms with Crippen LogP contribution in [0.4, 0.5) is 0 Å². The fourth-order valence-corrected chi connectivity index (χ4v) is 2.04. The second kappa shape index (κ2) is 3.57. The number of hydrogen-bond donors (Lipinski definition) is 1. The third kappa shape index (κ3) is 1.69. The molecule has 2 rings (SSSR count). The van der Waals surface area contributed by atoms with Crippen molar-refractivity contribution in [2.45, 2.75) is 33.3 Å². The smallest absolute Gasteiger partial charge is 0.131 e. The zero-order valence-corrected chi connectivity index (χ0v) is 9.24. The monoisotopic (exact) mass is 205 g/mol. The van der Waals surface area contributed by atoms with Crippen molar-refractivity contribution in [2.24, 2.45) is 5.16 Å². The minimum absolute atomic E-state index is 0.0739. The van der Waals surface area contributed by atoms with Gasteiger partial charge in [0, 0.05) is 12.0 Å². The first-order chi connectivity index (χ1) is 7.11. The van der Waals surface area contributed by atoms with E-state index in [2.05, 4.69) is 11.2 Å². The molecule has 0 bridgehead atoms. The summed E-state index contributed by atoms with van der Waals surface area (Å²) >= 11 is 0. The number of hydrogen-bond acceptors (Lipinski definition) is 3. The molecule has 80 valence electrons. The van der Waals surface area contributed by atoms with Crippen molar-refractivity contribution in [3.05, 3.63) is 28.8 Å². The molecule has 1 unspecified atom stereocenters. The lowest BCUT2D eigenvalue weighted by Crippen LogP contribution is -2.25. The SMILES string of the molecule is Cc1cc(C)c2c(c1)/C(=N/O)CC(C)O2. The van der Waals surface area contributed by atoms with E-state index in [1.54, 1.807) is 0 Å². The number of nitrogens with zero attached hydrogens (tertiary/aromatic N) is 1. The van der Waals surface area contributed by atoms with Crippen molar-refractivity contribution in [3.63, 3.8) is 0 Å². The van der Waals surface area contributed by atoms with Gasteiger partial charge in [0.2, 0.25) is 0 Å². The van der Waals surface area contributed by atoms with E-state index in [9.17, 15) is 0 Å². The van der Waals surface area contributed by atoms with Crippen LogP contribution in [0.1, 0.15) is 30.0 Å². The van der Waals surface area contributed by atoms with Gasteiger partial charge in [-0.2, -0.15) is 0 Å². The number of rotatable bonds is 0. The van der Waals surface area contributed by atoms with Crippen LogP contribution in [0.15, 0.2) is 17.3 Å². The van der Waals surface area contributed by atoms with E-state index in [4.69, 9.17) is 9.94 Å². The summed E-state index contributed by atoms with van der Waals surface area (Å²) in [5.74, 6) is 0.854. The molecule has 1 aliphatic rings. The second-order valence-electron chi connectivity index (χ2n) is 4.14. The molecule has 0 saturated carbocycles. The fourth-order valence-electron chi connectivity index (χ4n) is 2.04. The summed E-state index contributed by atoms with van der Waals surface area (Å²) in [6, 6.07) is 4.08. The maximum absolute atomic E-state index is 8.97. The van der Waals surface area contributed by atoms with Crippen LogP contribution in [0.3, 0.4) is 0 Å². The molecule has 1 atom stereocenters. The van der Waals surface area contributed by atoms with E-state index in [-0.39, 0.29) is 6.10 Å². The Morgan fingerprint density at radius 2 is 2.13 bits per heavy atom. The lowest BCUT2D eigenvalue weighted by molar-refractivity contribution is 0.216. The summed E-state index contributed by atoms with van der Waals surface area (Å²) < 4.78 is 5.76. The van der Waals surface area contributed by atoms with Gasteiger partial charge in [0.05, 0.1) is 5.71 Å². The molecule has 0 amide bonds. The summed E-state index contributed by atoms with van der Waals surface area (Å²) in [6.45, 7) is 6.02. The van der Waals surface area contributed by atoms with E-state index >= 15 is 0 Å². The number of benzene rings is 1. The molecule has 1 aliphatic heterocycles. The van der Waals surface area contributed by atoms with Crippen LogP contribution in [-0.2, 0) is 0 Å². The van der Waals surface area contributed by atoms with Gasteiger partial charge in [-0.3, -0.25) is 0 Å². The predicted octanol–water partition coefficient (Wildman–Crippen LogP) is 2.65. The molecule has 0 saturated heterocycles. The van der Waals surface area contributed by atoms with Crippen molar-refractivity contribution in [3.8, 4) is 5.75 Å². The van der Waals surface area contributed by atoms with Crippen LogP contribution in [-0.4, -0.2) is 17.0 Å². The molecular weight excluding hydrogens is 190 g/mol. The Labute approximate surface area is 89.4 Å². The van der Waals surface area contributed by atoms with Crippen molar-refractivity contribution in [1.29, 1.82) is 0 Å². The summed E-state index contributed by atoms with van der Waals surface area (Å²) in [6.07, 6.45) is 0.733. The molecule has 0 fully saturated rings. The van der Waals surface area contributed by atoms with Gasteiger partial charge in [-0.1, -0.05) is 11.2 Å². The van der Waals surface area contributed by atoms with Gasteiger partial charge in [-0.05, 0) is 38.0 Å². The zero-order valence-electron chi connectivity index (χ0n) is 9.24. The zero-order chi connectivity index (χ0) is 11.0. The number of aryl methyl sites for hydroxylation is 2. The third-order valence-corrected chi connectivity index (χ3v) is 2.65. The predicted molar refractivity (Wildman–Crippen MR) is 58.9 cm³/mol. The summed E-state index contributed by atoms with van der Waals surface area (Å²) in [7, 11) is 0. The van der Waals surface area contributed by atoms with E-state index in [0.717, 1.165) is 28.2 Å². The van der Waals surface area contributed by atoms with Crippen molar-refractivity contribution >= 4 is 5.71 Å². The van der Waals surface area contributed by atoms with Gasteiger partial charge >= 0.3 is 0 Å². The van der Waals surface area contributed by atoms with Crippen LogP contribution in [0.25, 0.3) is 0 Å². The Bertz CT molecular complexity index is 424. The number of oxime groups is 1. The van der Waals surface area contributed by atoms with E-state index < -0.39 is 0 Å². The van der Waals surface area contributed by atoms with E-state index in [1.165, 1.54) is 0 Å². The Balaban J connectivity index is 2.61. The summed E-state index contributed by atoms with van der Waals surface area (Å²) in [5, 5.41) is 12.3. The Kier molecular flexibility index (Phi) is 2.39. The van der Waals surface area contributed by atoms with Crippen LogP contribution in [0.2, 0.25) is 0 Å². The van der Waals surface area contributed by atoms with Crippen LogP contribution >= 0.6 is 0 Å². The topological polar surface area (TPSA) is 41.8 Å². The van der Waals surface area contributed by atoms with E-state index in [0.29, 0.717) is 6.42 Å². The van der Waals surface area contributed by atoms with Crippen LogP contribution in [0, 0.1) is 13.8 Å². The van der Waals surface area contributed by atoms with Gasteiger partial charge in [0.1, 0.15) is 11.9 Å². The summed E-state index contributed by atoms with van der Waals surface area (Å²) in [4.78, 5) is 0. The van der Waals surface area contributed by atoms with Crippen molar-refractivity contribution in [1.82, 2.24) is 0 Å². The molecular formula is C12H15NO2. The minimum Gasteiger partial charge on any atom is -0.489 e. The van der Waals surface area contributed by atoms with Crippen LogP contribution in [0.5, 0.6) is 5.75 Å². The molecule has 0 spiro atoms. The average Bonchev–Trinajstić information content (AvgIpc) is 2.18. The Morgan fingerprint density at radius 1 is 1.40 bits per heavy atom. The highest BCUT2D eigenvalue weighted by molar-refractivity contribution is 6.04. The minimum atomic E-state index is 0.0739. The van der Waals surface area contributed by atoms with E-state index in [1.807, 2.05) is 26.8 Å². The molecule has 1 aromatic rings. The first-order valence-electron chi connectivity index (χ1n) is 5.11. The maximum Gasteiger partial charge on any atom is 0.131 e. The highest BCUT2D eigenvalue weighted by Gasteiger charge is 2.24. The average molecular weight is 205 g/mol. The molecule has 1 aromatic carbocycles. The van der Waals surface area contributed by atoms with Gasteiger partial charge in [0.15, 0.2) is 0 Å². The first-order valence-corrected chi connectivity index (χ1v) is 5.11. The Morgan fingerprint density at radius 3 is 2.80 bits per heavy atom. The normalized spacial score (nSPS) is 22.3. The summed E-state index contributed by atoms with van der Waals surface area (Å²) in [5.41, 5.74) is 3.90. The molecule has 0 aromatic heterocycles. The molecule has 1 heterocycles. The fraction of sp³-hybridized carbons (Fsp3) is 0.417.